The number of hydrogen-bond donors (Lipinski definition) is 2. The molecule has 1 unspecified atom stereocenters. The number of nitrogens with zero attached hydrogens (tertiary/aromatic N) is 1. The van der Waals surface area contributed by atoms with Crippen molar-refractivity contribution >= 4 is 12.0 Å². The fourth-order valence-corrected chi connectivity index (χ4v) is 2.09. The molecule has 1 aliphatic rings. The first-order valence-corrected chi connectivity index (χ1v) is 6.33. The second-order valence-electron chi connectivity index (χ2n) is 4.64. The number of carboxylic acid groups (broad SMARTS) is 1. The van der Waals surface area contributed by atoms with E-state index in [0.717, 1.165) is 17.7 Å². The van der Waals surface area contributed by atoms with E-state index in [4.69, 9.17) is 16.3 Å². The van der Waals surface area contributed by atoms with Crippen LogP contribution in [0.5, 0.6) is 0 Å². The summed E-state index contributed by atoms with van der Waals surface area (Å²) >= 11 is 0. The first-order valence-electron chi connectivity index (χ1n) is 6.33. The monoisotopic (exact) mass is 268 g/mol. The number of terminal acetylenes is 1. The Morgan fingerprint density at radius 2 is 2.16 bits per heavy atom. The van der Waals surface area contributed by atoms with Gasteiger partial charge in [0, 0.05) is 19.3 Å². The molecule has 19 heavy (non-hydrogen) atoms. The number of hydrogen-bond acceptors (Lipinski definition) is 3. The summed E-state index contributed by atoms with van der Waals surface area (Å²) < 4.78 is 5.27. The van der Waals surface area contributed by atoms with Crippen LogP contribution in [0.1, 0.15) is 19.8 Å². The molecule has 0 bridgehead atoms. The zero-order chi connectivity index (χ0) is 14.3. The van der Waals surface area contributed by atoms with Crippen LogP contribution in [0.25, 0.3) is 0 Å². The fraction of sp³-hybridized carbons (Fsp3) is 0.692. The molecule has 1 heterocycles. The molecule has 6 nitrogen and oxygen atoms in total. The Morgan fingerprint density at radius 3 is 2.68 bits per heavy atom. The van der Waals surface area contributed by atoms with Gasteiger partial charge in [-0.2, -0.15) is 0 Å². The summed E-state index contributed by atoms with van der Waals surface area (Å²) in [6.45, 7) is 2.92. The van der Waals surface area contributed by atoms with Gasteiger partial charge in [0.15, 0.2) is 0 Å². The standard InChI is InChI=1S/C13H20N2O4/c1-3-6-15(9-12(16)17)13(18)14-10(2)11-4-7-19-8-5-11/h1,10-11H,4-9H2,2H3,(H,14,18)(H,16,17). The van der Waals surface area contributed by atoms with Crippen LogP contribution in [0, 0.1) is 18.3 Å². The summed E-state index contributed by atoms with van der Waals surface area (Å²) in [5.41, 5.74) is 0. The van der Waals surface area contributed by atoms with E-state index in [9.17, 15) is 9.59 Å². The second-order valence-corrected chi connectivity index (χ2v) is 4.64. The van der Waals surface area contributed by atoms with Gasteiger partial charge in [0.1, 0.15) is 6.54 Å². The molecule has 2 N–H and O–H groups in total. The Kier molecular flexibility index (Phi) is 6.16. The second kappa shape index (κ2) is 7.64. The SMILES string of the molecule is C#CCN(CC(=O)O)C(=O)NC(C)C1CCOCC1. The molecule has 2 amide bonds. The predicted molar refractivity (Wildman–Crippen MR) is 69.6 cm³/mol. The van der Waals surface area contributed by atoms with E-state index >= 15 is 0 Å². The summed E-state index contributed by atoms with van der Waals surface area (Å²) in [5, 5.41) is 11.5. The minimum Gasteiger partial charge on any atom is -0.480 e. The molecule has 1 atom stereocenters. The van der Waals surface area contributed by atoms with E-state index in [2.05, 4.69) is 11.2 Å². The third-order valence-corrected chi connectivity index (χ3v) is 3.22. The number of carbonyl (C=O) groups is 2. The highest BCUT2D eigenvalue weighted by Gasteiger charge is 2.24. The number of ether oxygens (including phenoxy) is 1. The van der Waals surface area contributed by atoms with E-state index in [1.165, 1.54) is 0 Å². The molecular weight excluding hydrogens is 248 g/mol. The summed E-state index contributed by atoms with van der Waals surface area (Å²) in [6, 6.07) is -0.454. The zero-order valence-electron chi connectivity index (χ0n) is 11.1. The minimum atomic E-state index is -1.08. The van der Waals surface area contributed by atoms with Crippen molar-refractivity contribution in [3.8, 4) is 12.3 Å². The Balaban J connectivity index is 2.50. The molecule has 1 saturated heterocycles. The van der Waals surface area contributed by atoms with Crippen molar-refractivity contribution in [2.75, 3.05) is 26.3 Å². The lowest BCUT2D eigenvalue weighted by atomic mass is 9.93. The topological polar surface area (TPSA) is 78.9 Å². The molecule has 0 saturated carbocycles. The van der Waals surface area contributed by atoms with Crippen LogP contribution in [0.4, 0.5) is 4.79 Å². The van der Waals surface area contributed by atoms with Gasteiger partial charge in [-0.3, -0.25) is 4.79 Å². The van der Waals surface area contributed by atoms with Gasteiger partial charge in [-0.25, -0.2) is 4.79 Å². The molecule has 1 rings (SSSR count). The fourth-order valence-electron chi connectivity index (χ4n) is 2.09. The van der Waals surface area contributed by atoms with Crippen LogP contribution < -0.4 is 5.32 Å². The van der Waals surface area contributed by atoms with Crippen molar-refractivity contribution in [1.29, 1.82) is 0 Å². The van der Waals surface area contributed by atoms with Gasteiger partial charge in [-0.15, -0.1) is 6.42 Å². The van der Waals surface area contributed by atoms with Crippen LogP contribution in [0.2, 0.25) is 0 Å². The summed E-state index contributed by atoms with van der Waals surface area (Å²) in [6.07, 6.45) is 6.93. The normalized spacial score (nSPS) is 17.3. The maximum absolute atomic E-state index is 11.9. The average Bonchev–Trinajstić information content (AvgIpc) is 2.38. The van der Waals surface area contributed by atoms with E-state index in [1.54, 1.807) is 0 Å². The first kappa shape index (κ1) is 15.3. The van der Waals surface area contributed by atoms with Crippen LogP contribution in [-0.2, 0) is 9.53 Å². The molecule has 106 valence electrons. The Labute approximate surface area is 113 Å². The largest absolute Gasteiger partial charge is 0.480 e. The van der Waals surface area contributed by atoms with Gasteiger partial charge >= 0.3 is 12.0 Å². The molecular formula is C13H20N2O4. The maximum Gasteiger partial charge on any atom is 0.323 e. The van der Waals surface area contributed by atoms with Gasteiger partial charge in [0.05, 0.1) is 6.54 Å². The van der Waals surface area contributed by atoms with E-state index in [1.807, 2.05) is 6.92 Å². The molecule has 1 fully saturated rings. The van der Waals surface area contributed by atoms with Gasteiger partial charge in [0.2, 0.25) is 0 Å². The van der Waals surface area contributed by atoms with Crippen molar-refractivity contribution in [1.82, 2.24) is 10.2 Å². The molecule has 0 aromatic rings. The van der Waals surface area contributed by atoms with Crippen LogP contribution in [0.15, 0.2) is 0 Å². The summed E-state index contributed by atoms with van der Waals surface area (Å²) in [4.78, 5) is 23.7. The molecule has 0 aromatic heterocycles. The smallest absolute Gasteiger partial charge is 0.323 e. The third-order valence-electron chi connectivity index (χ3n) is 3.22. The van der Waals surface area contributed by atoms with Gasteiger partial charge in [-0.1, -0.05) is 5.92 Å². The number of urea groups is 1. The number of rotatable bonds is 5. The molecule has 1 aliphatic heterocycles. The highest BCUT2D eigenvalue weighted by molar-refractivity contribution is 5.80. The lowest BCUT2D eigenvalue weighted by Crippen LogP contribution is -2.48. The Hall–Kier alpha value is -1.74. The zero-order valence-corrected chi connectivity index (χ0v) is 11.1. The highest BCUT2D eigenvalue weighted by atomic mass is 16.5. The minimum absolute atomic E-state index is 0.0152. The molecule has 6 heteroatoms. The van der Waals surface area contributed by atoms with Gasteiger partial charge in [-0.05, 0) is 25.7 Å². The molecule has 0 spiro atoms. The van der Waals surface area contributed by atoms with Crippen molar-refractivity contribution < 1.29 is 19.4 Å². The number of aliphatic carboxylic acids is 1. The Morgan fingerprint density at radius 1 is 1.53 bits per heavy atom. The summed E-state index contributed by atoms with van der Waals surface area (Å²) in [7, 11) is 0. The van der Waals surface area contributed by atoms with Crippen molar-refractivity contribution in [3.05, 3.63) is 0 Å². The number of carbonyl (C=O) groups excluding carboxylic acids is 1. The van der Waals surface area contributed by atoms with Crippen LogP contribution in [0.3, 0.4) is 0 Å². The van der Waals surface area contributed by atoms with Crippen molar-refractivity contribution in [2.24, 2.45) is 5.92 Å². The average molecular weight is 268 g/mol. The lowest BCUT2D eigenvalue weighted by Gasteiger charge is -2.30. The first-order chi connectivity index (χ1) is 9.04. The lowest BCUT2D eigenvalue weighted by molar-refractivity contribution is -0.137. The maximum atomic E-state index is 11.9. The van der Waals surface area contributed by atoms with E-state index in [0.29, 0.717) is 19.1 Å². The van der Waals surface area contributed by atoms with Crippen LogP contribution in [-0.4, -0.2) is 54.4 Å². The van der Waals surface area contributed by atoms with Gasteiger partial charge < -0.3 is 20.1 Å². The van der Waals surface area contributed by atoms with Gasteiger partial charge in [0.25, 0.3) is 0 Å². The number of nitrogens with one attached hydrogen (secondary N) is 1. The number of amides is 2. The van der Waals surface area contributed by atoms with Crippen molar-refractivity contribution in [2.45, 2.75) is 25.8 Å². The quantitative estimate of drug-likeness (QED) is 0.713. The summed E-state index contributed by atoms with van der Waals surface area (Å²) in [5.74, 6) is 1.57. The molecule has 0 aromatic carbocycles. The van der Waals surface area contributed by atoms with E-state index < -0.39 is 18.5 Å². The van der Waals surface area contributed by atoms with E-state index in [-0.39, 0.29) is 12.6 Å². The highest BCUT2D eigenvalue weighted by Crippen LogP contribution is 2.18. The predicted octanol–water partition coefficient (Wildman–Crippen LogP) is 0.531. The van der Waals surface area contributed by atoms with Crippen LogP contribution >= 0.6 is 0 Å². The Bertz CT molecular complexity index is 358. The molecule has 0 radical (unpaired) electrons. The molecule has 0 aliphatic carbocycles. The number of carboxylic acids is 1. The van der Waals surface area contributed by atoms with Crippen molar-refractivity contribution in [3.63, 3.8) is 0 Å². The third kappa shape index (κ3) is 5.18.